The van der Waals surface area contributed by atoms with E-state index in [1.54, 1.807) is 44.0 Å². The number of rotatable bonds is 5. The zero-order valence-electron chi connectivity index (χ0n) is 15.7. The standard InChI is InChI=1S/C21H20ClN5O2/c1-28-20-9-18-15(8-17(20)23)21(24)27(12-26-18)14-4-5-19(16(22)7-14)29-11-13-3-2-6-25-10-13/h2-10,12,21H,11,23-24H2,1H3. The maximum atomic E-state index is 6.46. The minimum absolute atomic E-state index is 0.381. The van der Waals surface area contributed by atoms with Gasteiger partial charge in [-0.25, -0.2) is 4.99 Å². The van der Waals surface area contributed by atoms with Crippen molar-refractivity contribution in [3.05, 3.63) is 71.0 Å². The third-order valence-corrected chi connectivity index (χ3v) is 4.94. The lowest BCUT2D eigenvalue weighted by molar-refractivity contribution is 0.306. The molecule has 8 heteroatoms. The minimum atomic E-state index is -0.464. The molecule has 3 aromatic rings. The molecule has 0 bridgehead atoms. The molecule has 1 aliphatic rings. The number of nitrogen functional groups attached to an aromatic ring is 1. The van der Waals surface area contributed by atoms with E-state index >= 15 is 0 Å². The van der Waals surface area contributed by atoms with Gasteiger partial charge >= 0.3 is 0 Å². The number of nitrogens with two attached hydrogens (primary N) is 2. The third kappa shape index (κ3) is 3.83. The summed E-state index contributed by atoms with van der Waals surface area (Å²) in [4.78, 5) is 10.4. The SMILES string of the molecule is COc1cc2c(cc1N)C(N)N(c1ccc(OCc3cccnc3)c(Cl)c1)C=N2. The lowest BCUT2D eigenvalue weighted by atomic mass is 10.1. The van der Waals surface area contributed by atoms with Crippen LogP contribution in [0.5, 0.6) is 11.5 Å². The second-order valence-electron chi connectivity index (χ2n) is 6.51. The van der Waals surface area contributed by atoms with Crippen LogP contribution in [0, 0.1) is 0 Å². The number of benzene rings is 2. The molecular formula is C21H20ClN5O2. The molecule has 29 heavy (non-hydrogen) atoms. The summed E-state index contributed by atoms with van der Waals surface area (Å²) < 4.78 is 11.1. The number of hydrogen-bond donors (Lipinski definition) is 2. The fourth-order valence-electron chi connectivity index (χ4n) is 3.11. The van der Waals surface area contributed by atoms with E-state index in [0.29, 0.717) is 28.8 Å². The first-order valence-corrected chi connectivity index (χ1v) is 9.31. The fourth-order valence-corrected chi connectivity index (χ4v) is 3.34. The van der Waals surface area contributed by atoms with Crippen molar-refractivity contribution in [3.63, 3.8) is 0 Å². The molecule has 0 saturated heterocycles. The van der Waals surface area contributed by atoms with Crippen molar-refractivity contribution in [2.75, 3.05) is 17.7 Å². The van der Waals surface area contributed by atoms with E-state index in [1.807, 2.05) is 29.2 Å². The quantitative estimate of drug-likeness (QED) is 0.617. The largest absolute Gasteiger partial charge is 0.495 e. The van der Waals surface area contributed by atoms with Crippen LogP contribution in [0.3, 0.4) is 0 Å². The van der Waals surface area contributed by atoms with Crippen molar-refractivity contribution in [1.29, 1.82) is 0 Å². The normalized spacial score (nSPS) is 15.1. The Hall–Kier alpha value is -3.29. The van der Waals surface area contributed by atoms with Gasteiger partial charge in [-0.3, -0.25) is 4.98 Å². The number of aliphatic imine (C=N–C) groups is 1. The van der Waals surface area contributed by atoms with Crippen LogP contribution in [0.2, 0.25) is 5.02 Å². The molecule has 0 fully saturated rings. The van der Waals surface area contributed by atoms with Crippen molar-refractivity contribution in [1.82, 2.24) is 4.98 Å². The van der Waals surface area contributed by atoms with Crippen molar-refractivity contribution < 1.29 is 9.47 Å². The van der Waals surface area contributed by atoms with Gasteiger partial charge in [0.05, 0.1) is 29.8 Å². The van der Waals surface area contributed by atoms with Gasteiger partial charge in [0.15, 0.2) is 0 Å². The predicted molar refractivity (Wildman–Crippen MR) is 115 cm³/mol. The van der Waals surface area contributed by atoms with E-state index < -0.39 is 6.17 Å². The molecular weight excluding hydrogens is 390 g/mol. The second kappa shape index (κ2) is 7.98. The molecule has 2 heterocycles. The number of anilines is 2. The maximum Gasteiger partial charge on any atom is 0.143 e. The fraction of sp³-hybridized carbons (Fsp3) is 0.143. The summed E-state index contributed by atoms with van der Waals surface area (Å²) in [6, 6.07) is 12.9. The van der Waals surface area contributed by atoms with E-state index in [1.165, 1.54) is 0 Å². The van der Waals surface area contributed by atoms with Crippen LogP contribution in [0.1, 0.15) is 17.3 Å². The average molecular weight is 410 g/mol. The van der Waals surface area contributed by atoms with Gasteiger partial charge in [-0.15, -0.1) is 0 Å². The zero-order valence-corrected chi connectivity index (χ0v) is 16.5. The van der Waals surface area contributed by atoms with E-state index in [9.17, 15) is 0 Å². The molecule has 148 valence electrons. The van der Waals surface area contributed by atoms with Crippen LogP contribution in [0.15, 0.2) is 59.9 Å². The summed E-state index contributed by atoms with van der Waals surface area (Å²) in [5, 5.41) is 0.479. The Kier molecular flexibility index (Phi) is 5.24. The number of pyridine rings is 1. The number of fused-ring (bicyclic) bond motifs is 1. The molecule has 0 saturated carbocycles. The highest BCUT2D eigenvalue weighted by molar-refractivity contribution is 6.32. The Morgan fingerprint density at radius 3 is 2.76 bits per heavy atom. The van der Waals surface area contributed by atoms with E-state index in [2.05, 4.69) is 9.98 Å². The first-order valence-electron chi connectivity index (χ1n) is 8.93. The Morgan fingerprint density at radius 1 is 1.17 bits per heavy atom. The van der Waals surface area contributed by atoms with Gasteiger partial charge in [-0.1, -0.05) is 17.7 Å². The number of nitrogens with zero attached hydrogens (tertiary/aromatic N) is 3. The molecule has 1 atom stereocenters. The van der Waals surface area contributed by atoms with Gasteiger partial charge in [0.2, 0.25) is 0 Å². The number of ether oxygens (including phenoxy) is 2. The van der Waals surface area contributed by atoms with Crippen LogP contribution in [0.4, 0.5) is 17.1 Å². The van der Waals surface area contributed by atoms with Crippen molar-refractivity contribution >= 4 is 35.0 Å². The molecule has 1 aliphatic heterocycles. The summed E-state index contributed by atoms with van der Waals surface area (Å²) >= 11 is 6.44. The summed E-state index contributed by atoms with van der Waals surface area (Å²) in [7, 11) is 1.57. The molecule has 0 spiro atoms. The van der Waals surface area contributed by atoms with Gasteiger partial charge in [0.25, 0.3) is 0 Å². The Balaban J connectivity index is 1.55. The number of aromatic nitrogens is 1. The first-order chi connectivity index (χ1) is 14.1. The molecule has 0 amide bonds. The zero-order chi connectivity index (χ0) is 20.4. The molecule has 4 N–H and O–H groups in total. The van der Waals surface area contributed by atoms with Crippen LogP contribution >= 0.6 is 11.6 Å². The van der Waals surface area contributed by atoms with E-state index in [4.69, 9.17) is 32.5 Å². The van der Waals surface area contributed by atoms with Crippen LogP contribution < -0.4 is 25.8 Å². The maximum absolute atomic E-state index is 6.46. The number of hydrogen-bond acceptors (Lipinski definition) is 7. The predicted octanol–water partition coefficient (Wildman–Crippen LogP) is 4.04. The summed E-state index contributed by atoms with van der Waals surface area (Å²) in [5.41, 5.74) is 16.3. The molecule has 1 aromatic heterocycles. The molecule has 0 radical (unpaired) electrons. The summed E-state index contributed by atoms with van der Waals surface area (Å²) in [6.07, 6.45) is 4.68. The highest BCUT2D eigenvalue weighted by atomic mass is 35.5. The van der Waals surface area contributed by atoms with Gasteiger partial charge < -0.3 is 25.8 Å². The highest BCUT2D eigenvalue weighted by Gasteiger charge is 2.24. The first kappa shape index (κ1) is 19.0. The van der Waals surface area contributed by atoms with E-state index in [-0.39, 0.29) is 0 Å². The molecule has 7 nitrogen and oxygen atoms in total. The van der Waals surface area contributed by atoms with Crippen LogP contribution in [-0.2, 0) is 6.61 Å². The highest BCUT2D eigenvalue weighted by Crippen LogP contribution is 2.39. The average Bonchev–Trinajstić information content (AvgIpc) is 2.74. The van der Waals surface area contributed by atoms with Crippen molar-refractivity contribution in [2.45, 2.75) is 12.8 Å². The van der Waals surface area contributed by atoms with E-state index in [0.717, 1.165) is 22.5 Å². The summed E-state index contributed by atoms with van der Waals surface area (Å²) in [6.45, 7) is 0.381. The number of halogens is 1. The van der Waals surface area contributed by atoms with Crippen LogP contribution in [0.25, 0.3) is 0 Å². The molecule has 1 unspecified atom stereocenters. The minimum Gasteiger partial charge on any atom is -0.495 e. The van der Waals surface area contributed by atoms with Gasteiger partial charge in [-0.2, -0.15) is 0 Å². The second-order valence-corrected chi connectivity index (χ2v) is 6.92. The smallest absolute Gasteiger partial charge is 0.143 e. The van der Waals surface area contributed by atoms with Crippen molar-refractivity contribution in [3.8, 4) is 11.5 Å². The Bertz CT molecular complexity index is 1060. The monoisotopic (exact) mass is 409 g/mol. The lowest BCUT2D eigenvalue weighted by Gasteiger charge is -2.31. The molecule has 2 aromatic carbocycles. The number of methoxy groups -OCH3 is 1. The van der Waals surface area contributed by atoms with Crippen LogP contribution in [-0.4, -0.2) is 18.4 Å². The Morgan fingerprint density at radius 2 is 2.03 bits per heavy atom. The van der Waals surface area contributed by atoms with Gasteiger partial charge in [-0.05, 0) is 30.3 Å². The third-order valence-electron chi connectivity index (χ3n) is 4.65. The molecule has 4 rings (SSSR count). The lowest BCUT2D eigenvalue weighted by Crippen LogP contribution is -2.35. The van der Waals surface area contributed by atoms with Crippen molar-refractivity contribution in [2.24, 2.45) is 10.7 Å². The van der Waals surface area contributed by atoms with Gasteiger partial charge in [0.1, 0.15) is 24.3 Å². The topological polar surface area (TPSA) is 99.0 Å². The molecule has 0 aliphatic carbocycles. The Labute approximate surface area is 173 Å². The summed E-state index contributed by atoms with van der Waals surface area (Å²) in [5.74, 6) is 1.15. The van der Waals surface area contributed by atoms with Gasteiger partial charge in [0, 0.05) is 35.3 Å².